The highest BCUT2D eigenvalue weighted by Gasteiger charge is 2.24. The van der Waals surface area contributed by atoms with Crippen molar-refractivity contribution >= 4 is 0 Å². The third-order valence-electron chi connectivity index (χ3n) is 3.88. The standard InChI is InChI=1S/C16H25NO2/c1-4-14(9-12-5-6-12)17-11-13-10-15(18-2)7-8-16(13)19-3/h7-8,10,12,14,17H,4-6,9,11H2,1-3H3. The maximum atomic E-state index is 5.41. The highest BCUT2D eigenvalue weighted by Crippen LogP contribution is 2.34. The summed E-state index contributed by atoms with van der Waals surface area (Å²) in [6.07, 6.45) is 5.33. The number of hydrogen-bond donors (Lipinski definition) is 1. The van der Waals surface area contributed by atoms with E-state index in [1.54, 1.807) is 14.2 Å². The first-order valence-corrected chi connectivity index (χ1v) is 7.21. The second kappa shape index (κ2) is 6.80. The van der Waals surface area contributed by atoms with E-state index < -0.39 is 0 Å². The van der Waals surface area contributed by atoms with Gasteiger partial charge in [-0.3, -0.25) is 0 Å². The first-order valence-electron chi connectivity index (χ1n) is 7.21. The van der Waals surface area contributed by atoms with Crippen LogP contribution in [0.25, 0.3) is 0 Å². The summed E-state index contributed by atoms with van der Waals surface area (Å²) < 4.78 is 10.7. The number of ether oxygens (including phenoxy) is 2. The van der Waals surface area contributed by atoms with Gasteiger partial charge >= 0.3 is 0 Å². The summed E-state index contributed by atoms with van der Waals surface area (Å²) in [5.74, 6) is 2.77. The lowest BCUT2D eigenvalue weighted by molar-refractivity contribution is 0.390. The van der Waals surface area contributed by atoms with E-state index in [0.29, 0.717) is 6.04 Å². The number of nitrogens with one attached hydrogen (secondary N) is 1. The Bertz CT molecular complexity index is 402. The molecule has 3 heteroatoms. The van der Waals surface area contributed by atoms with Crippen molar-refractivity contribution in [3.63, 3.8) is 0 Å². The fourth-order valence-corrected chi connectivity index (χ4v) is 2.42. The molecule has 1 aliphatic carbocycles. The molecule has 2 rings (SSSR count). The average molecular weight is 263 g/mol. The molecule has 1 saturated carbocycles. The Hall–Kier alpha value is -1.22. The minimum atomic E-state index is 0.614. The molecule has 1 fully saturated rings. The zero-order valence-electron chi connectivity index (χ0n) is 12.2. The lowest BCUT2D eigenvalue weighted by Crippen LogP contribution is -2.28. The van der Waals surface area contributed by atoms with Crippen LogP contribution in [-0.2, 0) is 6.54 Å². The Labute approximate surface area is 116 Å². The van der Waals surface area contributed by atoms with Gasteiger partial charge in [-0.2, -0.15) is 0 Å². The van der Waals surface area contributed by atoms with Gasteiger partial charge in [-0.05, 0) is 37.0 Å². The van der Waals surface area contributed by atoms with Crippen LogP contribution in [0.1, 0.15) is 38.2 Å². The van der Waals surface area contributed by atoms with Crippen molar-refractivity contribution in [3.8, 4) is 11.5 Å². The van der Waals surface area contributed by atoms with Gasteiger partial charge in [0.2, 0.25) is 0 Å². The van der Waals surface area contributed by atoms with Gasteiger partial charge in [0.25, 0.3) is 0 Å². The monoisotopic (exact) mass is 263 g/mol. The van der Waals surface area contributed by atoms with Crippen molar-refractivity contribution in [1.29, 1.82) is 0 Å². The molecule has 1 aromatic rings. The molecule has 0 heterocycles. The van der Waals surface area contributed by atoms with Crippen LogP contribution in [0.5, 0.6) is 11.5 Å². The largest absolute Gasteiger partial charge is 0.497 e. The Morgan fingerprint density at radius 2 is 2.05 bits per heavy atom. The third-order valence-corrected chi connectivity index (χ3v) is 3.88. The predicted octanol–water partition coefficient (Wildman–Crippen LogP) is 3.37. The minimum absolute atomic E-state index is 0.614. The van der Waals surface area contributed by atoms with Crippen LogP contribution in [-0.4, -0.2) is 20.3 Å². The summed E-state index contributed by atoms with van der Waals surface area (Å²) in [4.78, 5) is 0. The molecule has 0 saturated heterocycles. The zero-order chi connectivity index (χ0) is 13.7. The van der Waals surface area contributed by atoms with Crippen molar-refractivity contribution in [2.75, 3.05) is 14.2 Å². The number of methoxy groups -OCH3 is 2. The van der Waals surface area contributed by atoms with Gasteiger partial charge in [-0.15, -0.1) is 0 Å². The topological polar surface area (TPSA) is 30.5 Å². The first kappa shape index (κ1) is 14.2. The molecular formula is C16H25NO2. The number of hydrogen-bond acceptors (Lipinski definition) is 3. The molecule has 0 aromatic heterocycles. The van der Waals surface area contributed by atoms with Crippen LogP contribution in [0.15, 0.2) is 18.2 Å². The van der Waals surface area contributed by atoms with E-state index in [2.05, 4.69) is 18.3 Å². The Kier molecular flexibility index (Phi) is 5.08. The zero-order valence-corrected chi connectivity index (χ0v) is 12.2. The minimum Gasteiger partial charge on any atom is -0.497 e. The van der Waals surface area contributed by atoms with E-state index >= 15 is 0 Å². The van der Waals surface area contributed by atoms with Crippen LogP contribution >= 0.6 is 0 Å². The SMILES string of the molecule is CCC(CC1CC1)NCc1cc(OC)ccc1OC. The van der Waals surface area contributed by atoms with Gasteiger partial charge in [-0.25, -0.2) is 0 Å². The van der Waals surface area contributed by atoms with E-state index in [9.17, 15) is 0 Å². The van der Waals surface area contributed by atoms with E-state index in [1.165, 1.54) is 25.7 Å². The lowest BCUT2D eigenvalue weighted by atomic mass is 10.1. The quantitative estimate of drug-likeness (QED) is 0.780. The summed E-state index contributed by atoms with van der Waals surface area (Å²) in [7, 11) is 3.41. The molecule has 0 radical (unpaired) electrons. The molecule has 0 spiro atoms. The summed E-state index contributed by atoms with van der Waals surface area (Å²) in [6.45, 7) is 3.09. The smallest absolute Gasteiger partial charge is 0.123 e. The summed E-state index contributed by atoms with van der Waals surface area (Å²) in [5.41, 5.74) is 1.16. The molecule has 0 amide bonds. The second-order valence-electron chi connectivity index (χ2n) is 5.34. The van der Waals surface area contributed by atoms with E-state index in [0.717, 1.165) is 29.5 Å². The molecule has 1 aromatic carbocycles. The maximum absolute atomic E-state index is 5.41. The predicted molar refractivity (Wildman–Crippen MR) is 77.8 cm³/mol. The normalized spacial score (nSPS) is 16.2. The molecule has 3 nitrogen and oxygen atoms in total. The Morgan fingerprint density at radius 3 is 2.63 bits per heavy atom. The summed E-state index contributed by atoms with van der Waals surface area (Å²) in [5, 5.41) is 3.65. The van der Waals surface area contributed by atoms with Crippen LogP contribution in [0.4, 0.5) is 0 Å². The van der Waals surface area contributed by atoms with E-state index in [-0.39, 0.29) is 0 Å². The van der Waals surface area contributed by atoms with Crippen molar-refractivity contribution in [2.45, 2.75) is 45.2 Å². The van der Waals surface area contributed by atoms with Crippen LogP contribution < -0.4 is 14.8 Å². The Morgan fingerprint density at radius 1 is 1.26 bits per heavy atom. The van der Waals surface area contributed by atoms with Gasteiger partial charge in [0, 0.05) is 18.2 Å². The molecule has 0 bridgehead atoms. The van der Waals surface area contributed by atoms with Crippen molar-refractivity contribution < 1.29 is 9.47 Å². The fraction of sp³-hybridized carbons (Fsp3) is 0.625. The second-order valence-corrected chi connectivity index (χ2v) is 5.34. The molecule has 1 N–H and O–H groups in total. The lowest BCUT2D eigenvalue weighted by Gasteiger charge is -2.18. The van der Waals surface area contributed by atoms with Crippen molar-refractivity contribution in [2.24, 2.45) is 5.92 Å². The van der Waals surface area contributed by atoms with Crippen molar-refractivity contribution in [1.82, 2.24) is 5.32 Å². The number of rotatable bonds is 8. The van der Waals surface area contributed by atoms with Gasteiger partial charge in [0.15, 0.2) is 0 Å². The third kappa shape index (κ3) is 4.13. The van der Waals surface area contributed by atoms with Gasteiger partial charge in [-0.1, -0.05) is 19.8 Å². The van der Waals surface area contributed by atoms with Gasteiger partial charge in [0.1, 0.15) is 11.5 Å². The molecule has 1 unspecified atom stereocenters. The maximum Gasteiger partial charge on any atom is 0.123 e. The molecule has 0 aliphatic heterocycles. The number of benzene rings is 1. The average Bonchev–Trinajstić information content (AvgIpc) is 3.26. The highest BCUT2D eigenvalue weighted by atomic mass is 16.5. The van der Waals surface area contributed by atoms with Crippen LogP contribution in [0.3, 0.4) is 0 Å². The van der Waals surface area contributed by atoms with Crippen LogP contribution in [0, 0.1) is 5.92 Å². The Balaban J connectivity index is 1.95. The van der Waals surface area contributed by atoms with Crippen LogP contribution in [0.2, 0.25) is 0 Å². The van der Waals surface area contributed by atoms with E-state index in [4.69, 9.17) is 9.47 Å². The summed E-state index contributed by atoms with van der Waals surface area (Å²) >= 11 is 0. The molecule has 1 aliphatic rings. The molecular weight excluding hydrogens is 238 g/mol. The van der Waals surface area contributed by atoms with E-state index in [1.807, 2.05) is 12.1 Å². The molecule has 19 heavy (non-hydrogen) atoms. The van der Waals surface area contributed by atoms with Gasteiger partial charge in [0.05, 0.1) is 14.2 Å². The van der Waals surface area contributed by atoms with Crippen molar-refractivity contribution in [3.05, 3.63) is 23.8 Å². The first-order chi connectivity index (χ1) is 9.26. The highest BCUT2D eigenvalue weighted by molar-refractivity contribution is 5.40. The molecule has 1 atom stereocenters. The molecule has 106 valence electrons. The fourth-order valence-electron chi connectivity index (χ4n) is 2.42. The summed E-state index contributed by atoms with van der Waals surface area (Å²) in [6, 6.07) is 6.57. The van der Waals surface area contributed by atoms with Gasteiger partial charge < -0.3 is 14.8 Å².